The van der Waals surface area contributed by atoms with E-state index in [0.29, 0.717) is 5.92 Å². The van der Waals surface area contributed by atoms with Crippen LogP contribution < -0.4 is 21.1 Å². The predicted octanol–water partition coefficient (Wildman–Crippen LogP) is 5.10. The van der Waals surface area contributed by atoms with E-state index in [1.54, 1.807) is 0 Å². The van der Waals surface area contributed by atoms with Crippen LogP contribution in [0.1, 0.15) is 25.3 Å². The van der Waals surface area contributed by atoms with Gasteiger partial charge in [-0.15, -0.1) is 0 Å². The van der Waals surface area contributed by atoms with Gasteiger partial charge in [-0.25, -0.2) is 0 Å². The van der Waals surface area contributed by atoms with Crippen molar-refractivity contribution in [1.82, 2.24) is 0 Å². The summed E-state index contributed by atoms with van der Waals surface area (Å²) in [7, 11) is 0. The van der Waals surface area contributed by atoms with Crippen molar-refractivity contribution in [3.63, 3.8) is 0 Å². The fourth-order valence-corrected chi connectivity index (χ4v) is 4.20. The third-order valence-corrected chi connectivity index (χ3v) is 5.82. The van der Waals surface area contributed by atoms with E-state index in [1.165, 1.54) is 33.1 Å². The van der Waals surface area contributed by atoms with Crippen LogP contribution >= 0.6 is 0 Å². The number of para-hydroxylation sites is 1. The molecule has 1 nitrogen and oxygen atoms in total. The van der Waals surface area contributed by atoms with Gasteiger partial charge in [0.2, 0.25) is 0 Å². The molecular weight excluding hydrogens is 351 g/mol. The quantitative estimate of drug-likeness (QED) is 0.399. The summed E-state index contributed by atoms with van der Waals surface area (Å²) >= 11 is 0. The highest BCUT2D eigenvalue weighted by atomic mass is 16.5. The van der Waals surface area contributed by atoms with Crippen LogP contribution in [-0.4, -0.2) is 6.71 Å². The molecule has 0 spiro atoms. The molecular formula is C27H23BO. The lowest BCUT2D eigenvalue weighted by atomic mass is 9.36. The van der Waals surface area contributed by atoms with Crippen LogP contribution in [0.2, 0.25) is 0 Å². The molecule has 1 aliphatic rings. The van der Waals surface area contributed by atoms with E-state index in [1.807, 2.05) is 6.07 Å². The first-order valence-electron chi connectivity index (χ1n) is 10.3. The molecule has 0 saturated heterocycles. The van der Waals surface area contributed by atoms with Crippen molar-refractivity contribution < 1.29 is 4.74 Å². The molecule has 5 rings (SSSR count). The molecule has 0 aliphatic carbocycles. The van der Waals surface area contributed by atoms with Gasteiger partial charge in [0.15, 0.2) is 0 Å². The third-order valence-electron chi connectivity index (χ3n) is 5.82. The van der Waals surface area contributed by atoms with Gasteiger partial charge in [0, 0.05) is 0 Å². The predicted molar refractivity (Wildman–Crippen MR) is 124 cm³/mol. The van der Waals surface area contributed by atoms with E-state index < -0.39 is 0 Å². The van der Waals surface area contributed by atoms with E-state index in [2.05, 4.69) is 105 Å². The molecule has 0 aromatic heterocycles. The minimum absolute atomic E-state index is 0.188. The Morgan fingerprint density at radius 1 is 0.621 bits per heavy atom. The Morgan fingerprint density at radius 3 is 2.03 bits per heavy atom. The zero-order valence-electron chi connectivity index (χ0n) is 16.8. The minimum Gasteiger partial charge on any atom is -0.458 e. The summed E-state index contributed by atoms with van der Waals surface area (Å²) < 4.78 is 6.35. The van der Waals surface area contributed by atoms with Gasteiger partial charge in [0.1, 0.15) is 11.5 Å². The van der Waals surface area contributed by atoms with Gasteiger partial charge in [-0.3, -0.25) is 0 Å². The summed E-state index contributed by atoms with van der Waals surface area (Å²) in [4.78, 5) is 0. The number of rotatable bonds is 3. The Hall–Kier alpha value is -3.26. The van der Waals surface area contributed by atoms with Crippen LogP contribution in [-0.2, 0) is 0 Å². The first-order valence-corrected chi connectivity index (χ1v) is 10.3. The van der Waals surface area contributed by atoms with Gasteiger partial charge in [-0.2, -0.15) is 0 Å². The summed E-state index contributed by atoms with van der Waals surface area (Å²) in [5, 5.41) is 0. The molecule has 1 heterocycles. The first kappa shape index (κ1) is 17.8. The minimum atomic E-state index is 0.188. The summed E-state index contributed by atoms with van der Waals surface area (Å²) in [6.45, 7) is 4.64. The van der Waals surface area contributed by atoms with Crippen LogP contribution in [0.4, 0.5) is 0 Å². The molecule has 140 valence electrons. The second-order valence-corrected chi connectivity index (χ2v) is 8.01. The highest BCUT2D eigenvalue weighted by Crippen LogP contribution is 2.30. The molecule has 0 N–H and O–H groups in total. The fourth-order valence-electron chi connectivity index (χ4n) is 4.20. The van der Waals surface area contributed by atoms with Crippen LogP contribution in [0.25, 0.3) is 11.1 Å². The number of ether oxygens (including phenoxy) is 1. The highest BCUT2D eigenvalue weighted by molar-refractivity contribution is 6.96. The van der Waals surface area contributed by atoms with Gasteiger partial charge in [0.05, 0.1) is 0 Å². The Kier molecular flexibility index (Phi) is 4.48. The van der Waals surface area contributed by atoms with Crippen molar-refractivity contribution in [2.24, 2.45) is 0 Å². The van der Waals surface area contributed by atoms with Crippen molar-refractivity contribution in [3.05, 3.63) is 103 Å². The molecule has 0 unspecified atom stereocenters. The largest absolute Gasteiger partial charge is 0.458 e. The van der Waals surface area contributed by atoms with E-state index in [0.717, 1.165) is 11.5 Å². The molecule has 2 heteroatoms. The lowest BCUT2D eigenvalue weighted by Gasteiger charge is -2.27. The summed E-state index contributed by atoms with van der Waals surface area (Å²) in [6.07, 6.45) is 0. The van der Waals surface area contributed by atoms with Crippen molar-refractivity contribution in [3.8, 4) is 22.6 Å². The van der Waals surface area contributed by atoms with E-state index >= 15 is 0 Å². The molecule has 0 radical (unpaired) electrons. The van der Waals surface area contributed by atoms with Gasteiger partial charge >= 0.3 is 0 Å². The second kappa shape index (κ2) is 7.29. The van der Waals surface area contributed by atoms with Crippen molar-refractivity contribution in [2.75, 3.05) is 0 Å². The Labute approximate surface area is 173 Å². The zero-order chi connectivity index (χ0) is 19.8. The number of hydrogen-bond donors (Lipinski definition) is 0. The molecule has 0 saturated carbocycles. The normalized spacial score (nSPS) is 12.3. The molecule has 1 aliphatic heterocycles. The molecule has 0 amide bonds. The van der Waals surface area contributed by atoms with Crippen LogP contribution in [0.15, 0.2) is 97.1 Å². The van der Waals surface area contributed by atoms with Crippen LogP contribution in [0.3, 0.4) is 0 Å². The molecule has 0 atom stereocenters. The van der Waals surface area contributed by atoms with Gasteiger partial charge in [-0.1, -0.05) is 104 Å². The van der Waals surface area contributed by atoms with Gasteiger partial charge < -0.3 is 4.74 Å². The second-order valence-electron chi connectivity index (χ2n) is 8.01. The lowest BCUT2D eigenvalue weighted by Crippen LogP contribution is -2.54. The summed E-state index contributed by atoms with van der Waals surface area (Å²) in [5.41, 5.74) is 7.50. The average Bonchev–Trinajstić information content (AvgIpc) is 2.77. The average molecular weight is 374 g/mol. The van der Waals surface area contributed by atoms with E-state index in [-0.39, 0.29) is 6.71 Å². The monoisotopic (exact) mass is 374 g/mol. The maximum absolute atomic E-state index is 6.35. The molecule has 0 fully saturated rings. The van der Waals surface area contributed by atoms with Crippen molar-refractivity contribution in [2.45, 2.75) is 19.8 Å². The van der Waals surface area contributed by atoms with Crippen LogP contribution in [0, 0.1) is 0 Å². The number of fused-ring (bicyclic) bond motifs is 2. The smallest absolute Gasteiger partial charge is 0.250 e. The Morgan fingerprint density at radius 2 is 1.28 bits per heavy atom. The zero-order valence-corrected chi connectivity index (χ0v) is 16.8. The topological polar surface area (TPSA) is 9.23 Å². The first-order chi connectivity index (χ1) is 14.2. The number of hydrogen-bond acceptors (Lipinski definition) is 1. The lowest BCUT2D eigenvalue weighted by molar-refractivity contribution is 0.487. The molecule has 29 heavy (non-hydrogen) atoms. The van der Waals surface area contributed by atoms with Gasteiger partial charge in [0.25, 0.3) is 6.71 Å². The van der Waals surface area contributed by atoms with E-state index in [4.69, 9.17) is 4.74 Å². The fraction of sp³-hybridized carbons (Fsp3) is 0.111. The maximum Gasteiger partial charge on any atom is 0.250 e. The van der Waals surface area contributed by atoms with Crippen LogP contribution in [0.5, 0.6) is 11.5 Å². The van der Waals surface area contributed by atoms with Crippen molar-refractivity contribution in [1.29, 1.82) is 0 Å². The highest BCUT2D eigenvalue weighted by Gasteiger charge is 2.32. The molecule has 0 bridgehead atoms. The Bertz CT molecular complexity index is 1150. The third kappa shape index (κ3) is 3.25. The number of benzene rings is 4. The van der Waals surface area contributed by atoms with Crippen molar-refractivity contribution >= 4 is 23.1 Å². The maximum atomic E-state index is 6.35. The summed E-state index contributed by atoms with van der Waals surface area (Å²) in [6, 6.07) is 34.6. The summed E-state index contributed by atoms with van der Waals surface area (Å²) in [5.74, 6) is 2.43. The Balaban J connectivity index is 1.60. The standard InChI is InChI=1S/C27H23BO/c1-19(2)20-12-14-21(15-13-20)22-16-17-25-27(18-22)29-26-11-7-6-10-24(26)28(25)23-8-4-3-5-9-23/h3-19H,1-2H3. The van der Waals surface area contributed by atoms with Gasteiger partial charge in [-0.05, 0) is 45.7 Å². The van der Waals surface area contributed by atoms with E-state index in [9.17, 15) is 0 Å². The SMILES string of the molecule is CC(C)c1ccc(-c2ccc3c(c2)Oc2ccccc2B3c2ccccc2)cc1. The molecule has 4 aromatic carbocycles. The molecule has 4 aromatic rings.